The van der Waals surface area contributed by atoms with E-state index in [4.69, 9.17) is 0 Å². The van der Waals surface area contributed by atoms with E-state index in [2.05, 4.69) is 10.3 Å². The average Bonchev–Trinajstić information content (AvgIpc) is 2.80. The number of anilines is 1. The van der Waals surface area contributed by atoms with Crippen LogP contribution in [-0.2, 0) is 17.4 Å². The molecule has 20 heavy (non-hydrogen) atoms. The quantitative estimate of drug-likeness (QED) is 0.940. The highest BCUT2D eigenvalue weighted by Crippen LogP contribution is 2.31. The molecule has 106 valence electrons. The summed E-state index contributed by atoms with van der Waals surface area (Å²) in [6, 6.07) is 7.34. The number of benzene rings is 1. The highest BCUT2D eigenvalue weighted by molar-refractivity contribution is 7.13. The van der Waals surface area contributed by atoms with E-state index in [-0.39, 0.29) is 11.6 Å². The first-order chi connectivity index (χ1) is 9.34. The van der Waals surface area contributed by atoms with Gasteiger partial charge in [-0.05, 0) is 12.5 Å². The van der Waals surface area contributed by atoms with Crippen molar-refractivity contribution in [2.45, 2.75) is 19.5 Å². The van der Waals surface area contributed by atoms with Crippen molar-refractivity contribution in [1.82, 2.24) is 4.98 Å². The van der Waals surface area contributed by atoms with Crippen LogP contribution in [0.2, 0.25) is 0 Å². The largest absolute Gasteiger partial charge is 0.434 e. The third kappa shape index (κ3) is 3.80. The maximum atomic E-state index is 12.4. The molecule has 3 nitrogen and oxygen atoms in total. The van der Waals surface area contributed by atoms with Gasteiger partial charge >= 0.3 is 6.18 Å². The molecule has 1 aromatic heterocycles. The SMILES string of the molecule is Cc1ccc(CC(=O)Nc2nc(C(F)(F)F)cs2)cc1. The Hall–Kier alpha value is -1.89. The Balaban J connectivity index is 1.98. The minimum Gasteiger partial charge on any atom is -0.302 e. The van der Waals surface area contributed by atoms with Gasteiger partial charge in [0.15, 0.2) is 10.8 Å². The fourth-order valence-electron chi connectivity index (χ4n) is 1.52. The minimum absolute atomic E-state index is 0.0468. The number of aryl methyl sites for hydroxylation is 1. The molecule has 0 aliphatic carbocycles. The van der Waals surface area contributed by atoms with Crippen molar-refractivity contribution in [1.29, 1.82) is 0 Å². The van der Waals surface area contributed by atoms with Crippen LogP contribution in [0, 0.1) is 6.92 Å². The minimum atomic E-state index is -4.49. The number of carbonyl (C=O) groups is 1. The predicted molar refractivity (Wildman–Crippen MR) is 70.6 cm³/mol. The van der Waals surface area contributed by atoms with Gasteiger partial charge in [0, 0.05) is 5.38 Å². The van der Waals surface area contributed by atoms with Crippen molar-refractivity contribution in [3.05, 3.63) is 46.5 Å². The van der Waals surface area contributed by atoms with E-state index in [0.717, 1.165) is 27.8 Å². The number of hydrogen-bond donors (Lipinski definition) is 1. The molecule has 0 spiro atoms. The van der Waals surface area contributed by atoms with Gasteiger partial charge in [0.25, 0.3) is 0 Å². The lowest BCUT2D eigenvalue weighted by Gasteiger charge is -2.03. The van der Waals surface area contributed by atoms with Crippen LogP contribution >= 0.6 is 11.3 Å². The summed E-state index contributed by atoms with van der Waals surface area (Å²) in [5.74, 6) is -0.392. The number of halogens is 3. The summed E-state index contributed by atoms with van der Waals surface area (Å²) in [6.45, 7) is 1.93. The molecule has 0 fully saturated rings. The van der Waals surface area contributed by atoms with Crippen molar-refractivity contribution < 1.29 is 18.0 Å². The highest BCUT2D eigenvalue weighted by atomic mass is 32.1. The summed E-state index contributed by atoms with van der Waals surface area (Å²) in [4.78, 5) is 15.0. The van der Waals surface area contributed by atoms with Crippen LogP contribution in [-0.4, -0.2) is 10.9 Å². The molecule has 2 aromatic rings. The van der Waals surface area contributed by atoms with E-state index in [9.17, 15) is 18.0 Å². The maximum absolute atomic E-state index is 12.4. The fraction of sp³-hybridized carbons (Fsp3) is 0.231. The monoisotopic (exact) mass is 300 g/mol. The molecule has 0 saturated carbocycles. The van der Waals surface area contributed by atoms with Gasteiger partial charge in [0.1, 0.15) is 0 Å². The number of rotatable bonds is 3. The smallest absolute Gasteiger partial charge is 0.302 e. The topological polar surface area (TPSA) is 42.0 Å². The third-order valence-electron chi connectivity index (χ3n) is 2.53. The number of amides is 1. The van der Waals surface area contributed by atoms with Crippen molar-refractivity contribution in [2.24, 2.45) is 0 Å². The predicted octanol–water partition coefficient (Wildman–Crippen LogP) is 3.65. The molecule has 7 heteroatoms. The van der Waals surface area contributed by atoms with Crippen LogP contribution in [0.15, 0.2) is 29.6 Å². The molecule has 1 N–H and O–H groups in total. The summed E-state index contributed by atoms with van der Waals surface area (Å²) >= 11 is 0.755. The first-order valence-electron chi connectivity index (χ1n) is 5.73. The molecule has 0 unspecified atom stereocenters. The lowest BCUT2D eigenvalue weighted by atomic mass is 10.1. The first kappa shape index (κ1) is 14.5. The number of hydrogen-bond acceptors (Lipinski definition) is 3. The van der Waals surface area contributed by atoms with Gasteiger partial charge in [-0.1, -0.05) is 29.8 Å². The Morgan fingerprint density at radius 1 is 1.30 bits per heavy atom. The van der Waals surface area contributed by atoms with Crippen LogP contribution in [0.5, 0.6) is 0 Å². The number of nitrogens with zero attached hydrogens (tertiary/aromatic N) is 1. The number of thiazole rings is 1. The van der Waals surface area contributed by atoms with Gasteiger partial charge in [-0.25, -0.2) is 4.98 Å². The van der Waals surface area contributed by atoms with Gasteiger partial charge in [-0.2, -0.15) is 13.2 Å². The second-order valence-electron chi connectivity index (χ2n) is 4.25. The second-order valence-corrected chi connectivity index (χ2v) is 5.10. The number of alkyl halides is 3. The van der Waals surface area contributed by atoms with E-state index in [1.165, 1.54) is 0 Å². The highest BCUT2D eigenvalue weighted by Gasteiger charge is 2.33. The van der Waals surface area contributed by atoms with Crippen molar-refractivity contribution in [2.75, 3.05) is 5.32 Å². The molecule has 1 amide bonds. The number of nitrogens with one attached hydrogen (secondary N) is 1. The van der Waals surface area contributed by atoms with Gasteiger partial charge in [0.05, 0.1) is 6.42 Å². The summed E-state index contributed by atoms with van der Waals surface area (Å²) in [5, 5.41) is 3.20. The zero-order chi connectivity index (χ0) is 14.8. The zero-order valence-electron chi connectivity index (χ0n) is 10.5. The fourth-order valence-corrected chi connectivity index (χ4v) is 2.25. The van der Waals surface area contributed by atoms with Crippen molar-refractivity contribution in [3.63, 3.8) is 0 Å². The number of carbonyl (C=O) groups excluding carboxylic acids is 1. The third-order valence-corrected chi connectivity index (χ3v) is 3.28. The summed E-state index contributed by atoms with van der Waals surface area (Å²) in [6.07, 6.45) is -4.39. The Morgan fingerprint density at radius 2 is 1.95 bits per heavy atom. The van der Waals surface area contributed by atoms with Gasteiger partial charge in [0.2, 0.25) is 5.91 Å². The lowest BCUT2D eigenvalue weighted by Crippen LogP contribution is -2.14. The van der Waals surface area contributed by atoms with Gasteiger partial charge < -0.3 is 5.32 Å². The van der Waals surface area contributed by atoms with Crippen LogP contribution in [0.25, 0.3) is 0 Å². The van der Waals surface area contributed by atoms with Crippen LogP contribution < -0.4 is 5.32 Å². The Bertz CT molecular complexity index is 605. The molecule has 0 radical (unpaired) electrons. The first-order valence-corrected chi connectivity index (χ1v) is 6.60. The standard InChI is InChI=1S/C13H11F3N2OS/c1-8-2-4-9(5-3-8)6-11(19)18-12-17-10(7-20-12)13(14,15)16/h2-5,7H,6H2,1H3,(H,17,18,19). The molecule has 2 rings (SSSR count). The zero-order valence-corrected chi connectivity index (χ0v) is 11.3. The van der Waals surface area contributed by atoms with Crippen LogP contribution in [0.3, 0.4) is 0 Å². The van der Waals surface area contributed by atoms with E-state index < -0.39 is 17.8 Å². The van der Waals surface area contributed by atoms with Crippen LogP contribution in [0.1, 0.15) is 16.8 Å². The normalized spacial score (nSPS) is 11.4. The Morgan fingerprint density at radius 3 is 2.50 bits per heavy atom. The summed E-state index contributed by atoms with van der Waals surface area (Å²) < 4.78 is 37.1. The van der Waals surface area contributed by atoms with E-state index in [0.29, 0.717) is 0 Å². The van der Waals surface area contributed by atoms with Crippen LogP contribution in [0.4, 0.5) is 18.3 Å². The van der Waals surface area contributed by atoms with Crippen molar-refractivity contribution >= 4 is 22.4 Å². The van der Waals surface area contributed by atoms with Gasteiger partial charge in [-0.3, -0.25) is 4.79 Å². The lowest BCUT2D eigenvalue weighted by molar-refractivity contribution is -0.140. The Kier molecular flexibility index (Phi) is 4.08. The molecular weight excluding hydrogens is 289 g/mol. The van der Waals surface area contributed by atoms with Gasteiger partial charge in [-0.15, -0.1) is 11.3 Å². The molecule has 0 saturated heterocycles. The molecule has 1 heterocycles. The van der Waals surface area contributed by atoms with Crippen molar-refractivity contribution in [3.8, 4) is 0 Å². The Labute approximate surface area is 117 Å². The molecule has 1 aromatic carbocycles. The second kappa shape index (κ2) is 5.62. The van der Waals surface area contributed by atoms with E-state index in [1.807, 2.05) is 19.1 Å². The summed E-state index contributed by atoms with van der Waals surface area (Å²) in [7, 11) is 0. The number of aromatic nitrogens is 1. The molecule has 0 bridgehead atoms. The maximum Gasteiger partial charge on any atom is 0.434 e. The molecular formula is C13H11F3N2OS. The molecule has 0 aliphatic heterocycles. The van der Waals surface area contributed by atoms with E-state index in [1.54, 1.807) is 12.1 Å². The molecule has 0 atom stereocenters. The summed E-state index contributed by atoms with van der Waals surface area (Å²) in [5.41, 5.74) is 0.873. The molecule has 0 aliphatic rings. The van der Waals surface area contributed by atoms with E-state index >= 15 is 0 Å². The average molecular weight is 300 g/mol.